The van der Waals surface area contributed by atoms with Crippen LogP contribution < -0.4 is 10.2 Å². The second-order valence-corrected chi connectivity index (χ2v) is 9.33. The number of fused-ring (bicyclic) bond motifs is 1. The van der Waals surface area contributed by atoms with Gasteiger partial charge in [0.1, 0.15) is 0 Å². The summed E-state index contributed by atoms with van der Waals surface area (Å²) in [7, 11) is 1.78. The lowest BCUT2D eigenvalue weighted by atomic mass is 10.1. The van der Waals surface area contributed by atoms with Gasteiger partial charge in [0.25, 0.3) is 5.91 Å². The number of hydrogen-bond acceptors (Lipinski definition) is 7. The first kappa shape index (κ1) is 24.9. The zero-order chi connectivity index (χ0) is 24.9. The molecule has 0 radical (unpaired) electrons. The fraction of sp³-hybridized carbons (Fsp3) is 0.360. The summed E-state index contributed by atoms with van der Waals surface area (Å²) in [5.41, 5.74) is 4.90. The molecule has 1 N–H and O–H groups in total. The average Bonchev–Trinajstić information content (AvgIpc) is 3.48. The van der Waals surface area contributed by atoms with Crippen LogP contribution in [0.3, 0.4) is 0 Å². The second-order valence-electron chi connectivity index (χ2n) is 8.54. The van der Waals surface area contributed by atoms with Gasteiger partial charge in [0.05, 0.1) is 13.1 Å². The van der Waals surface area contributed by atoms with Crippen molar-refractivity contribution in [1.29, 1.82) is 0 Å². The third kappa shape index (κ3) is 5.88. The summed E-state index contributed by atoms with van der Waals surface area (Å²) in [5.74, 6) is 0.669. The van der Waals surface area contributed by atoms with Gasteiger partial charge in [-0.2, -0.15) is 4.98 Å². The maximum absolute atomic E-state index is 13.4. The van der Waals surface area contributed by atoms with Crippen molar-refractivity contribution >= 4 is 33.4 Å². The number of rotatable bonds is 9. The first-order valence-electron chi connectivity index (χ1n) is 11.4. The van der Waals surface area contributed by atoms with Crippen molar-refractivity contribution in [1.82, 2.24) is 25.5 Å². The number of carbonyl (C=O) groups is 2. The Kier molecular flexibility index (Phi) is 7.82. The summed E-state index contributed by atoms with van der Waals surface area (Å²) in [6.07, 6.45) is 0. The average molecular weight is 541 g/mol. The van der Waals surface area contributed by atoms with Crippen LogP contribution in [0.5, 0.6) is 0 Å². The molecule has 0 spiro atoms. The molecule has 2 aromatic carbocycles. The number of benzene rings is 2. The third-order valence-electron chi connectivity index (χ3n) is 6.02. The van der Waals surface area contributed by atoms with Crippen LogP contribution in [0.25, 0.3) is 11.4 Å². The maximum Gasteiger partial charge on any atom is 0.256 e. The molecule has 9 nitrogen and oxygen atoms in total. The Morgan fingerprint density at radius 3 is 2.46 bits per heavy atom. The minimum atomic E-state index is -0.159. The zero-order valence-corrected chi connectivity index (χ0v) is 21.7. The molecule has 35 heavy (non-hydrogen) atoms. The second kappa shape index (κ2) is 11.0. The molecule has 2 heterocycles. The van der Waals surface area contributed by atoms with Crippen molar-refractivity contribution in [2.75, 3.05) is 36.9 Å². The molecular weight excluding hydrogens is 512 g/mol. The molecule has 1 aliphatic rings. The van der Waals surface area contributed by atoms with E-state index >= 15 is 0 Å². The van der Waals surface area contributed by atoms with Crippen LogP contribution in [0.2, 0.25) is 0 Å². The quantitative estimate of drug-likeness (QED) is 0.416. The molecule has 10 heteroatoms. The Hall–Kier alpha value is -3.24. The molecule has 0 aliphatic carbocycles. The van der Waals surface area contributed by atoms with Crippen LogP contribution in [0.1, 0.15) is 22.6 Å². The van der Waals surface area contributed by atoms with Gasteiger partial charge in [-0.3, -0.25) is 14.6 Å². The molecule has 4 rings (SSSR count). The molecule has 3 aromatic rings. The topological polar surface area (TPSA) is 94.8 Å². The Morgan fingerprint density at radius 2 is 1.83 bits per heavy atom. The monoisotopic (exact) mass is 540 g/mol. The number of aryl methyl sites for hydroxylation is 2. The number of aromatic nitrogens is 2. The van der Waals surface area contributed by atoms with Gasteiger partial charge in [0, 0.05) is 50.2 Å². The fourth-order valence-electron chi connectivity index (χ4n) is 4.10. The molecular formula is C25H29BrN6O3. The normalized spacial score (nSPS) is 12.9. The number of anilines is 1. The predicted molar refractivity (Wildman–Crippen MR) is 137 cm³/mol. The van der Waals surface area contributed by atoms with Crippen molar-refractivity contribution in [3.63, 3.8) is 0 Å². The molecule has 0 unspecified atom stereocenters. The van der Waals surface area contributed by atoms with Crippen LogP contribution >= 0.6 is 15.9 Å². The Bertz CT molecular complexity index is 1190. The van der Waals surface area contributed by atoms with Crippen LogP contribution in [-0.4, -0.2) is 64.0 Å². The van der Waals surface area contributed by atoms with E-state index in [1.807, 2.05) is 42.3 Å². The van der Waals surface area contributed by atoms with Crippen molar-refractivity contribution in [3.8, 4) is 11.4 Å². The number of likely N-dealkylation sites (N-methyl/N-ethyl adjacent to an activating group) is 1. The highest BCUT2D eigenvalue weighted by atomic mass is 79.9. The molecule has 1 aliphatic heterocycles. The maximum atomic E-state index is 13.4. The molecule has 2 amide bonds. The van der Waals surface area contributed by atoms with E-state index in [4.69, 9.17) is 4.52 Å². The van der Waals surface area contributed by atoms with E-state index in [9.17, 15) is 9.59 Å². The van der Waals surface area contributed by atoms with E-state index in [0.717, 1.165) is 16.8 Å². The smallest absolute Gasteiger partial charge is 0.256 e. The van der Waals surface area contributed by atoms with Gasteiger partial charge in [-0.05, 0) is 29.7 Å². The molecule has 0 fully saturated rings. The van der Waals surface area contributed by atoms with Crippen LogP contribution in [0, 0.1) is 13.8 Å². The zero-order valence-electron chi connectivity index (χ0n) is 20.1. The Balaban J connectivity index is 1.56. The standard InChI is InChI=1S/C25H29BrN6O3/c1-17-8-9-19(25-28-18(2)35-29-25)12-22(17)31(15-23(33)27-11-10-26)16-24(34)30(3)32-13-20-6-4-5-7-21(20)14-32/h4-9,12H,10-11,13-16H2,1-3H3,(H,27,33). The minimum absolute atomic E-state index is 0.0423. The van der Waals surface area contributed by atoms with Crippen molar-refractivity contribution < 1.29 is 14.1 Å². The number of alkyl halides is 1. The van der Waals surface area contributed by atoms with Crippen LogP contribution in [0.15, 0.2) is 47.0 Å². The molecule has 184 valence electrons. The van der Waals surface area contributed by atoms with E-state index in [1.165, 1.54) is 11.1 Å². The van der Waals surface area contributed by atoms with E-state index in [0.29, 0.717) is 36.7 Å². The highest BCUT2D eigenvalue weighted by Gasteiger charge is 2.27. The summed E-state index contributed by atoms with van der Waals surface area (Å²) in [6, 6.07) is 13.9. The number of carbonyl (C=O) groups excluding carboxylic acids is 2. The Labute approximate surface area is 213 Å². The van der Waals surface area contributed by atoms with Gasteiger partial charge in [0.2, 0.25) is 17.6 Å². The predicted octanol–water partition coefficient (Wildman–Crippen LogP) is 3.06. The molecule has 0 atom stereocenters. The van der Waals surface area contributed by atoms with Crippen molar-refractivity contribution in [2.45, 2.75) is 26.9 Å². The largest absolute Gasteiger partial charge is 0.354 e. The van der Waals surface area contributed by atoms with Crippen molar-refractivity contribution in [3.05, 3.63) is 65.0 Å². The minimum Gasteiger partial charge on any atom is -0.354 e. The molecule has 1 aromatic heterocycles. The van der Waals surface area contributed by atoms with Crippen LogP contribution in [-0.2, 0) is 22.7 Å². The Morgan fingerprint density at radius 1 is 1.11 bits per heavy atom. The highest BCUT2D eigenvalue weighted by molar-refractivity contribution is 9.09. The number of amides is 2. The van der Waals surface area contributed by atoms with Crippen molar-refractivity contribution in [2.24, 2.45) is 0 Å². The third-order valence-corrected chi connectivity index (χ3v) is 6.42. The van der Waals surface area contributed by atoms with E-state index in [-0.39, 0.29) is 24.9 Å². The highest BCUT2D eigenvalue weighted by Crippen LogP contribution is 2.28. The van der Waals surface area contributed by atoms with E-state index in [1.54, 1.807) is 23.9 Å². The SMILES string of the molecule is Cc1nc(-c2ccc(C)c(N(CC(=O)NCCBr)CC(=O)N(C)N3Cc4ccccc4C3)c2)no1. The van der Waals surface area contributed by atoms with Gasteiger partial charge < -0.3 is 14.7 Å². The summed E-state index contributed by atoms with van der Waals surface area (Å²) < 4.78 is 5.13. The summed E-state index contributed by atoms with van der Waals surface area (Å²) >= 11 is 3.33. The first-order valence-corrected chi connectivity index (χ1v) is 12.5. The number of hydrogen-bond donors (Lipinski definition) is 1. The summed E-state index contributed by atoms with van der Waals surface area (Å²) in [6.45, 7) is 5.63. The summed E-state index contributed by atoms with van der Waals surface area (Å²) in [5, 5.41) is 11.2. The molecule has 0 bridgehead atoms. The molecule has 0 saturated carbocycles. The number of halogens is 1. The lowest BCUT2D eigenvalue weighted by Crippen LogP contribution is -2.48. The van der Waals surface area contributed by atoms with Gasteiger partial charge in [0.15, 0.2) is 0 Å². The van der Waals surface area contributed by atoms with Gasteiger partial charge >= 0.3 is 0 Å². The lowest BCUT2D eigenvalue weighted by Gasteiger charge is -2.32. The summed E-state index contributed by atoms with van der Waals surface area (Å²) in [4.78, 5) is 32.2. The fourth-order valence-corrected chi connectivity index (χ4v) is 4.30. The number of nitrogens with zero attached hydrogens (tertiary/aromatic N) is 5. The van der Waals surface area contributed by atoms with E-state index < -0.39 is 0 Å². The van der Waals surface area contributed by atoms with Gasteiger partial charge in [-0.1, -0.05) is 57.5 Å². The van der Waals surface area contributed by atoms with Crippen LogP contribution in [0.4, 0.5) is 5.69 Å². The number of hydrazine groups is 1. The number of nitrogens with one attached hydrogen (secondary N) is 1. The van der Waals surface area contributed by atoms with Gasteiger partial charge in [-0.15, -0.1) is 0 Å². The molecule has 0 saturated heterocycles. The first-order chi connectivity index (χ1) is 16.9. The lowest BCUT2D eigenvalue weighted by molar-refractivity contribution is -0.145. The van der Waals surface area contributed by atoms with Gasteiger partial charge in [-0.25, -0.2) is 5.01 Å². The van der Waals surface area contributed by atoms with E-state index in [2.05, 4.69) is 43.5 Å².